The van der Waals surface area contributed by atoms with E-state index in [1.165, 1.54) is 18.9 Å². The van der Waals surface area contributed by atoms with Gasteiger partial charge in [0, 0.05) is 25.1 Å². The molecule has 7 nitrogen and oxygen atoms in total. The number of carbonyl (C=O) groups excluding carboxylic acids is 3. The number of nitrogens with zero attached hydrogens (tertiary/aromatic N) is 1. The molecule has 1 saturated heterocycles. The van der Waals surface area contributed by atoms with Crippen molar-refractivity contribution in [3.63, 3.8) is 0 Å². The Morgan fingerprint density at radius 3 is 2.37 bits per heavy atom. The van der Waals surface area contributed by atoms with Crippen molar-refractivity contribution in [1.82, 2.24) is 4.90 Å². The van der Waals surface area contributed by atoms with E-state index < -0.39 is 33.9 Å². The van der Waals surface area contributed by atoms with Crippen LogP contribution in [0.2, 0.25) is 0 Å². The molecule has 0 N–H and O–H groups in total. The van der Waals surface area contributed by atoms with Crippen molar-refractivity contribution in [2.24, 2.45) is 0 Å². The van der Waals surface area contributed by atoms with Gasteiger partial charge in [-0.05, 0) is 20.3 Å². The molecule has 1 aromatic rings. The molecular formula is C19H25NO6S. The number of esters is 1. The number of sulfone groups is 1. The zero-order valence-corrected chi connectivity index (χ0v) is 16.6. The number of rotatable bonds is 7. The largest absolute Gasteiger partial charge is 0.453 e. The van der Waals surface area contributed by atoms with Gasteiger partial charge in [0.15, 0.2) is 21.7 Å². The number of amides is 1. The topological polar surface area (TPSA) is 97.8 Å². The first kappa shape index (κ1) is 21.1. The van der Waals surface area contributed by atoms with Crippen LogP contribution in [0.25, 0.3) is 0 Å². The van der Waals surface area contributed by atoms with Crippen LogP contribution in [0.4, 0.5) is 0 Å². The molecule has 2 rings (SSSR count). The van der Waals surface area contributed by atoms with Crippen LogP contribution in [0.5, 0.6) is 0 Å². The van der Waals surface area contributed by atoms with Gasteiger partial charge in [-0.3, -0.25) is 14.4 Å². The number of Topliss-reactive ketones (excluding diaryl/α,β-unsaturated/α-hetero) is 1. The van der Waals surface area contributed by atoms with E-state index in [2.05, 4.69) is 0 Å². The standard InChI is InChI=1S/C19H25NO6S/c1-13-4-6-15(7-5-13)17(21)8-9-18(22)26-14(2)19(23)20(3)16-10-11-27(24,25)12-16/h4-7,14,16H,8-12H2,1-3H3/t14-,16+/m1/s1. The number of ketones is 1. The highest BCUT2D eigenvalue weighted by Crippen LogP contribution is 2.18. The van der Waals surface area contributed by atoms with Crippen molar-refractivity contribution < 1.29 is 27.5 Å². The normalized spacial score (nSPS) is 19.3. The van der Waals surface area contributed by atoms with Crippen molar-refractivity contribution >= 4 is 27.5 Å². The fraction of sp³-hybridized carbons (Fsp3) is 0.526. The minimum Gasteiger partial charge on any atom is -0.453 e. The number of hydrogen-bond acceptors (Lipinski definition) is 6. The van der Waals surface area contributed by atoms with Crippen LogP contribution in [-0.2, 0) is 24.2 Å². The van der Waals surface area contributed by atoms with Gasteiger partial charge in [-0.25, -0.2) is 8.42 Å². The summed E-state index contributed by atoms with van der Waals surface area (Å²) in [4.78, 5) is 37.7. The van der Waals surface area contributed by atoms with Crippen LogP contribution >= 0.6 is 0 Å². The minimum atomic E-state index is -3.11. The third kappa shape index (κ3) is 5.89. The lowest BCUT2D eigenvalue weighted by molar-refractivity contribution is -0.159. The lowest BCUT2D eigenvalue weighted by Gasteiger charge is -2.26. The Bertz CT molecular complexity index is 815. The van der Waals surface area contributed by atoms with Crippen LogP contribution in [0.1, 0.15) is 42.1 Å². The maximum Gasteiger partial charge on any atom is 0.307 e. The zero-order valence-electron chi connectivity index (χ0n) is 15.8. The zero-order chi connectivity index (χ0) is 20.2. The lowest BCUT2D eigenvalue weighted by atomic mass is 10.1. The molecular weight excluding hydrogens is 370 g/mol. The first-order chi connectivity index (χ1) is 12.6. The van der Waals surface area contributed by atoms with Gasteiger partial charge < -0.3 is 9.64 Å². The predicted octanol–water partition coefficient (Wildman–Crippen LogP) is 1.54. The Morgan fingerprint density at radius 2 is 1.81 bits per heavy atom. The minimum absolute atomic E-state index is 0.000483. The fourth-order valence-corrected chi connectivity index (χ4v) is 4.73. The molecule has 27 heavy (non-hydrogen) atoms. The van der Waals surface area contributed by atoms with E-state index in [9.17, 15) is 22.8 Å². The average molecular weight is 395 g/mol. The summed E-state index contributed by atoms with van der Waals surface area (Å²) in [5.74, 6) is -1.26. The van der Waals surface area contributed by atoms with Gasteiger partial charge >= 0.3 is 5.97 Å². The number of carbonyl (C=O) groups is 3. The molecule has 0 spiro atoms. The molecule has 1 fully saturated rings. The van der Waals surface area contributed by atoms with Crippen molar-refractivity contribution in [3.05, 3.63) is 35.4 Å². The Labute approximate surface area is 159 Å². The van der Waals surface area contributed by atoms with E-state index in [-0.39, 0.29) is 30.1 Å². The summed E-state index contributed by atoms with van der Waals surface area (Å²) in [6.07, 6.45) is -0.762. The van der Waals surface area contributed by atoms with E-state index in [0.29, 0.717) is 12.0 Å². The summed E-state index contributed by atoms with van der Waals surface area (Å²) in [7, 11) is -1.60. The van der Waals surface area contributed by atoms with Crippen LogP contribution < -0.4 is 0 Å². The third-order valence-electron chi connectivity index (χ3n) is 4.69. The Balaban J connectivity index is 1.81. The number of benzene rings is 1. The number of aryl methyl sites for hydroxylation is 1. The maximum absolute atomic E-state index is 12.4. The highest BCUT2D eigenvalue weighted by molar-refractivity contribution is 7.91. The summed E-state index contributed by atoms with van der Waals surface area (Å²) >= 11 is 0. The molecule has 1 aliphatic rings. The van der Waals surface area contributed by atoms with Crippen LogP contribution in [0, 0.1) is 6.92 Å². The second-order valence-electron chi connectivity index (χ2n) is 6.93. The first-order valence-electron chi connectivity index (χ1n) is 8.85. The van der Waals surface area contributed by atoms with Gasteiger partial charge in [-0.15, -0.1) is 0 Å². The predicted molar refractivity (Wildman–Crippen MR) is 100 cm³/mol. The number of likely N-dealkylation sites (N-methyl/N-ethyl adjacent to an activating group) is 1. The Morgan fingerprint density at radius 1 is 1.19 bits per heavy atom. The SMILES string of the molecule is Cc1ccc(C(=O)CCC(=O)O[C@H](C)C(=O)N(C)[C@H]2CCS(=O)(=O)C2)cc1. The van der Waals surface area contributed by atoms with Crippen molar-refractivity contribution in [3.8, 4) is 0 Å². The molecule has 0 unspecified atom stereocenters. The number of ether oxygens (including phenoxy) is 1. The van der Waals surface area contributed by atoms with Gasteiger partial charge in [-0.2, -0.15) is 0 Å². The maximum atomic E-state index is 12.4. The molecule has 1 heterocycles. The van der Waals surface area contributed by atoms with E-state index in [1.807, 2.05) is 19.1 Å². The van der Waals surface area contributed by atoms with E-state index in [4.69, 9.17) is 4.74 Å². The first-order valence-corrected chi connectivity index (χ1v) is 10.7. The van der Waals surface area contributed by atoms with Crippen LogP contribution in [0.15, 0.2) is 24.3 Å². The third-order valence-corrected chi connectivity index (χ3v) is 6.44. The highest BCUT2D eigenvalue weighted by atomic mass is 32.2. The van der Waals surface area contributed by atoms with Gasteiger partial charge in [-0.1, -0.05) is 29.8 Å². The average Bonchev–Trinajstić information content (AvgIpc) is 2.98. The summed E-state index contributed by atoms with van der Waals surface area (Å²) in [5, 5.41) is 0. The fourth-order valence-electron chi connectivity index (χ4n) is 2.95. The van der Waals surface area contributed by atoms with E-state index in [0.717, 1.165) is 5.56 Å². The van der Waals surface area contributed by atoms with Crippen molar-refractivity contribution in [2.45, 2.75) is 45.3 Å². The quantitative estimate of drug-likeness (QED) is 0.513. The molecule has 0 aromatic heterocycles. The molecule has 2 atom stereocenters. The van der Waals surface area contributed by atoms with Crippen LogP contribution in [-0.4, -0.2) is 61.7 Å². The molecule has 0 bridgehead atoms. The summed E-state index contributed by atoms with van der Waals surface area (Å²) in [5.41, 5.74) is 1.57. The van der Waals surface area contributed by atoms with E-state index >= 15 is 0 Å². The Kier molecular flexibility index (Phi) is 6.75. The molecule has 1 amide bonds. The van der Waals surface area contributed by atoms with Gasteiger partial charge in [0.2, 0.25) is 0 Å². The lowest BCUT2D eigenvalue weighted by Crippen LogP contribution is -2.44. The molecule has 1 aromatic carbocycles. The van der Waals surface area contributed by atoms with Gasteiger partial charge in [0.1, 0.15) is 0 Å². The molecule has 1 aliphatic heterocycles. The smallest absolute Gasteiger partial charge is 0.307 e. The van der Waals surface area contributed by atoms with Crippen molar-refractivity contribution in [1.29, 1.82) is 0 Å². The van der Waals surface area contributed by atoms with Crippen LogP contribution in [0.3, 0.4) is 0 Å². The van der Waals surface area contributed by atoms with Gasteiger partial charge in [0.05, 0.1) is 17.9 Å². The highest BCUT2D eigenvalue weighted by Gasteiger charge is 2.34. The molecule has 0 radical (unpaired) electrons. The summed E-state index contributed by atoms with van der Waals surface area (Å²) < 4.78 is 28.2. The van der Waals surface area contributed by atoms with Gasteiger partial charge in [0.25, 0.3) is 5.91 Å². The molecule has 0 aliphatic carbocycles. The summed E-state index contributed by atoms with van der Waals surface area (Å²) in [6, 6.07) is 6.67. The molecule has 148 valence electrons. The second kappa shape index (κ2) is 8.65. The monoisotopic (exact) mass is 395 g/mol. The van der Waals surface area contributed by atoms with E-state index in [1.54, 1.807) is 12.1 Å². The molecule has 8 heteroatoms. The number of hydrogen-bond donors (Lipinski definition) is 0. The molecule has 0 saturated carbocycles. The Hall–Kier alpha value is -2.22. The second-order valence-corrected chi connectivity index (χ2v) is 9.16. The van der Waals surface area contributed by atoms with Crippen molar-refractivity contribution in [2.75, 3.05) is 18.6 Å². The summed E-state index contributed by atoms with van der Waals surface area (Å²) in [6.45, 7) is 3.37.